The predicted octanol–water partition coefficient (Wildman–Crippen LogP) is 3.21. The topological polar surface area (TPSA) is 75.1 Å². The first-order valence-electron chi connectivity index (χ1n) is 9.88. The summed E-state index contributed by atoms with van der Waals surface area (Å²) in [6, 6.07) is 13.3. The van der Waals surface area contributed by atoms with Crippen LogP contribution in [0.4, 0.5) is 10.5 Å². The van der Waals surface area contributed by atoms with Gasteiger partial charge in [-0.05, 0) is 55.8 Å². The van der Waals surface area contributed by atoms with E-state index in [0.717, 1.165) is 28.3 Å². The average Bonchev–Trinajstić information content (AvgIpc) is 3.29. The Kier molecular flexibility index (Phi) is 5.53. The maximum Gasteiger partial charge on any atom is 0.355 e. The van der Waals surface area contributed by atoms with Crippen molar-refractivity contribution in [3.63, 3.8) is 0 Å². The smallest absolute Gasteiger partial charge is 0.355 e. The van der Waals surface area contributed by atoms with E-state index in [1.807, 2.05) is 61.0 Å². The minimum atomic E-state index is -0.202. The molecule has 9 nitrogen and oxygen atoms in total. The molecular formula is C22H26N6O3. The molecule has 1 N–H and O–H groups in total. The van der Waals surface area contributed by atoms with Crippen LogP contribution < -0.4 is 20.0 Å². The monoisotopic (exact) mass is 422 g/mol. The van der Waals surface area contributed by atoms with Crippen LogP contribution >= 0.6 is 0 Å². The quantitative estimate of drug-likeness (QED) is 0.658. The fourth-order valence-corrected chi connectivity index (χ4v) is 3.65. The summed E-state index contributed by atoms with van der Waals surface area (Å²) in [7, 11) is 5.04. The zero-order chi connectivity index (χ0) is 22.1. The van der Waals surface area contributed by atoms with Crippen molar-refractivity contribution in [3.05, 3.63) is 65.5 Å². The lowest BCUT2D eigenvalue weighted by atomic mass is 10.1. The van der Waals surface area contributed by atoms with Crippen molar-refractivity contribution in [2.45, 2.75) is 20.5 Å². The first-order valence-corrected chi connectivity index (χ1v) is 9.88. The number of methoxy groups -OCH3 is 1. The molecule has 1 saturated heterocycles. The van der Waals surface area contributed by atoms with E-state index in [0.29, 0.717) is 11.4 Å². The lowest BCUT2D eigenvalue weighted by Crippen LogP contribution is -2.40. The van der Waals surface area contributed by atoms with Crippen molar-refractivity contribution >= 4 is 11.7 Å². The Morgan fingerprint density at radius 1 is 1.06 bits per heavy atom. The molecule has 0 atom stereocenters. The summed E-state index contributed by atoms with van der Waals surface area (Å²) in [6.45, 7) is 4.25. The second-order valence-electron chi connectivity index (χ2n) is 7.36. The molecule has 1 fully saturated rings. The number of rotatable bonds is 6. The highest BCUT2D eigenvalue weighted by molar-refractivity contribution is 5.93. The van der Waals surface area contributed by atoms with Gasteiger partial charge in [0.25, 0.3) is 0 Å². The largest absolute Gasteiger partial charge is 0.496 e. The Balaban J connectivity index is 1.62. The lowest BCUT2D eigenvalue weighted by molar-refractivity contribution is 0.167. The van der Waals surface area contributed by atoms with Crippen LogP contribution in [0, 0.1) is 13.8 Å². The van der Waals surface area contributed by atoms with E-state index in [1.54, 1.807) is 32.5 Å². The van der Waals surface area contributed by atoms with Crippen molar-refractivity contribution < 1.29 is 14.3 Å². The van der Waals surface area contributed by atoms with Crippen molar-refractivity contribution in [2.24, 2.45) is 0 Å². The number of hydrogen-bond donors (Lipinski definition) is 1. The minimum Gasteiger partial charge on any atom is -0.496 e. The molecule has 2 aromatic carbocycles. The number of nitrogens with zero attached hydrogens (tertiary/aromatic N) is 5. The van der Waals surface area contributed by atoms with Crippen LogP contribution in [0.2, 0.25) is 0 Å². The van der Waals surface area contributed by atoms with E-state index in [4.69, 9.17) is 9.47 Å². The van der Waals surface area contributed by atoms with Crippen molar-refractivity contribution in [1.29, 1.82) is 0 Å². The highest BCUT2D eigenvalue weighted by Crippen LogP contribution is 2.33. The number of hydrazine groups is 3. The van der Waals surface area contributed by atoms with E-state index < -0.39 is 0 Å². The van der Waals surface area contributed by atoms with Gasteiger partial charge in [-0.1, -0.05) is 6.07 Å². The van der Waals surface area contributed by atoms with Crippen molar-refractivity contribution in [1.82, 2.24) is 25.4 Å². The molecule has 0 bridgehead atoms. The number of benzene rings is 2. The van der Waals surface area contributed by atoms with Crippen LogP contribution in [-0.2, 0) is 6.61 Å². The molecule has 0 unspecified atom stereocenters. The second-order valence-corrected chi connectivity index (χ2v) is 7.36. The number of amides is 2. The molecule has 9 heteroatoms. The van der Waals surface area contributed by atoms with Crippen LogP contribution in [0.1, 0.15) is 16.8 Å². The molecule has 1 aliphatic heterocycles. The van der Waals surface area contributed by atoms with Gasteiger partial charge in [0.05, 0.1) is 24.0 Å². The number of anilines is 1. The highest BCUT2D eigenvalue weighted by atomic mass is 16.5. The summed E-state index contributed by atoms with van der Waals surface area (Å²) in [5, 5.41) is 8.92. The molecule has 1 aromatic heterocycles. The van der Waals surface area contributed by atoms with Gasteiger partial charge in [0.1, 0.15) is 18.1 Å². The van der Waals surface area contributed by atoms with E-state index in [-0.39, 0.29) is 12.6 Å². The standard InChI is InChI=1S/C22H26N6O3/c1-15-13-17(27-16(2)11-12-23-27)9-10-20(15)31-14-18-19(7-6-8-21(18)30-5)28-22(29)25(3)24-26(28)4/h6-13,24H,14H2,1-5H3. The third-order valence-corrected chi connectivity index (χ3v) is 5.23. The number of urea groups is 1. The summed E-state index contributed by atoms with van der Waals surface area (Å²) in [5.41, 5.74) is 7.42. The van der Waals surface area contributed by atoms with Crippen molar-refractivity contribution in [2.75, 3.05) is 26.2 Å². The van der Waals surface area contributed by atoms with Crippen molar-refractivity contribution in [3.8, 4) is 17.2 Å². The van der Waals surface area contributed by atoms with Gasteiger partial charge in [-0.25, -0.2) is 19.5 Å². The van der Waals surface area contributed by atoms with Gasteiger partial charge in [-0.3, -0.25) is 0 Å². The summed E-state index contributed by atoms with van der Waals surface area (Å²) in [5.74, 6) is 1.40. The summed E-state index contributed by atoms with van der Waals surface area (Å²) in [4.78, 5) is 12.6. The van der Waals surface area contributed by atoms with E-state index in [2.05, 4.69) is 10.6 Å². The normalized spacial score (nSPS) is 14.4. The number of nitrogens with one attached hydrogen (secondary N) is 1. The zero-order valence-electron chi connectivity index (χ0n) is 18.3. The number of carbonyl (C=O) groups is 1. The fourth-order valence-electron chi connectivity index (χ4n) is 3.65. The first kappa shape index (κ1) is 20.7. The minimum absolute atomic E-state index is 0.202. The Hall–Kier alpha value is -3.56. The molecule has 2 heterocycles. The lowest BCUT2D eigenvalue weighted by Gasteiger charge is -2.25. The zero-order valence-corrected chi connectivity index (χ0v) is 18.3. The Bertz CT molecular complexity index is 1110. The van der Waals surface area contributed by atoms with Crippen LogP contribution in [0.15, 0.2) is 48.7 Å². The van der Waals surface area contributed by atoms with Gasteiger partial charge in [-0.15, -0.1) is 10.7 Å². The SMILES string of the molecule is COc1cccc(N2C(=O)N(C)NN2C)c1COc1ccc(-n2nccc2C)cc1C. The fraction of sp³-hybridized carbons (Fsp3) is 0.273. The van der Waals surface area contributed by atoms with Gasteiger partial charge in [0, 0.05) is 26.0 Å². The van der Waals surface area contributed by atoms with Gasteiger partial charge in [-0.2, -0.15) is 5.10 Å². The second kappa shape index (κ2) is 8.29. The molecule has 1 aliphatic rings. The number of aromatic nitrogens is 2. The molecule has 3 aromatic rings. The molecule has 162 valence electrons. The molecule has 2 amide bonds. The van der Waals surface area contributed by atoms with Gasteiger partial charge in [0.2, 0.25) is 0 Å². The Morgan fingerprint density at radius 3 is 2.48 bits per heavy atom. The van der Waals surface area contributed by atoms with E-state index in [9.17, 15) is 4.79 Å². The summed E-state index contributed by atoms with van der Waals surface area (Å²) >= 11 is 0. The maximum atomic E-state index is 12.6. The number of carbonyl (C=O) groups excluding carboxylic acids is 1. The molecule has 4 rings (SSSR count). The summed E-state index contributed by atoms with van der Waals surface area (Å²) in [6.07, 6.45) is 1.78. The third-order valence-electron chi connectivity index (χ3n) is 5.23. The number of ether oxygens (including phenoxy) is 2. The molecule has 0 saturated carbocycles. The van der Waals surface area contributed by atoms with Crippen LogP contribution in [0.25, 0.3) is 5.69 Å². The first-order chi connectivity index (χ1) is 14.9. The van der Waals surface area contributed by atoms with Crippen LogP contribution in [-0.4, -0.2) is 47.1 Å². The van der Waals surface area contributed by atoms with E-state index >= 15 is 0 Å². The molecule has 0 spiro atoms. The third kappa shape index (κ3) is 3.80. The number of aryl methyl sites for hydroxylation is 2. The number of hydrogen-bond acceptors (Lipinski definition) is 6. The molecular weight excluding hydrogens is 396 g/mol. The average molecular weight is 422 g/mol. The summed E-state index contributed by atoms with van der Waals surface area (Å²) < 4.78 is 13.6. The van der Waals surface area contributed by atoms with Crippen LogP contribution in [0.5, 0.6) is 11.5 Å². The van der Waals surface area contributed by atoms with E-state index in [1.165, 1.54) is 10.0 Å². The van der Waals surface area contributed by atoms with Gasteiger partial charge >= 0.3 is 6.03 Å². The predicted molar refractivity (Wildman–Crippen MR) is 117 cm³/mol. The highest BCUT2D eigenvalue weighted by Gasteiger charge is 2.34. The Morgan fingerprint density at radius 2 is 1.87 bits per heavy atom. The van der Waals surface area contributed by atoms with Crippen LogP contribution in [0.3, 0.4) is 0 Å². The van der Waals surface area contributed by atoms with Gasteiger partial charge in [0.15, 0.2) is 0 Å². The molecule has 0 aliphatic carbocycles. The Labute approximate surface area is 181 Å². The molecule has 31 heavy (non-hydrogen) atoms. The maximum absolute atomic E-state index is 12.6. The molecule has 0 radical (unpaired) electrons. The van der Waals surface area contributed by atoms with Gasteiger partial charge < -0.3 is 9.47 Å².